The van der Waals surface area contributed by atoms with Crippen LogP contribution in [0.1, 0.15) is 43.2 Å². The summed E-state index contributed by atoms with van der Waals surface area (Å²) in [6.45, 7) is 3.05. The lowest BCUT2D eigenvalue weighted by Crippen LogP contribution is -2.42. The first kappa shape index (κ1) is 25.8. The maximum Gasteiger partial charge on any atom is 0.222 e. The molecule has 0 aromatic heterocycles. The highest BCUT2D eigenvalue weighted by atomic mass is 32.2. The number of rotatable bonds is 9. The molecule has 194 valence electrons. The Morgan fingerprint density at radius 3 is 2.53 bits per heavy atom. The van der Waals surface area contributed by atoms with E-state index >= 15 is 0 Å². The van der Waals surface area contributed by atoms with Gasteiger partial charge in [-0.2, -0.15) is 0 Å². The van der Waals surface area contributed by atoms with Crippen molar-refractivity contribution >= 4 is 28.5 Å². The van der Waals surface area contributed by atoms with E-state index in [1.165, 1.54) is 18.2 Å². The van der Waals surface area contributed by atoms with Crippen molar-refractivity contribution in [3.8, 4) is 11.5 Å². The van der Waals surface area contributed by atoms with Gasteiger partial charge in [-0.25, -0.2) is 8.51 Å². The maximum atomic E-state index is 13.0. The van der Waals surface area contributed by atoms with E-state index in [4.69, 9.17) is 11.5 Å². The molecule has 2 aliphatic heterocycles. The van der Waals surface area contributed by atoms with E-state index in [2.05, 4.69) is 16.4 Å². The van der Waals surface area contributed by atoms with Crippen LogP contribution in [-0.4, -0.2) is 61.2 Å². The molecule has 0 spiro atoms. The number of carbonyl (C=O) groups is 1. The van der Waals surface area contributed by atoms with E-state index in [1.54, 1.807) is 4.31 Å². The number of fused-ring (bicyclic) bond motifs is 1. The summed E-state index contributed by atoms with van der Waals surface area (Å²) in [5.41, 5.74) is 13.8. The minimum atomic E-state index is -1.54. The van der Waals surface area contributed by atoms with E-state index < -0.39 is 11.0 Å². The molecular formula is C25H34N6O4S. The molecule has 2 aromatic rings. The van der Waals surface area contributed by atoms with Crippen LogP contribution in [0.5, 0.6) is 11.5 Å². The normalized spacial score (nSPS) is 16.9. The second-order valence-electron chi connectivity index (χ2n) is 9.25. The number of benzene rings is 2. The number of aliphatic imine (C=N–C) groups is 1. The number of guanidine groups is 1. The number of nitrogens with two attached hydrogens (primary N) is 2. The summed E-state index contributed by atoms with van der Waals surface area (Å²) in [5.74, 6) is 0.0233. The van der Waals surface area contributed by atoms with Crippen molar-refractivity contribution in [2.75, 3.05) is 25.0 Å². The summed E-state index contributed by atoms with van der Waals surface area (Å²) in [5, 5.41) is 23.2. The second kappa shape index (κ2) is 11.6. The van der Waals surface area contributed by atoms with Gasteiger partial charge in [0.05, 0.1) is 4.90 Å². The number of phenols is 2. The standard InChI is InChI=1S/C25H34N6O4S/c26-25(27)28-10-2-1-3-24(34)30-11-8-19(9-12-30)29-20-5-4-17-15-31(16-18(17)13-20)36(35)23-7-6-21(32)14-22(23)33/h4-7,13-14,19,29,32-33H,1-3,8-12,15-16H2,(H4,26,27,28). The van der Waals surface area contributed by atoms with Gasteiger partial charge < -0.3 is 31.9 Å². The number of piperidine rings is 1. The molecule has 1 saturated heterocycles. The molecule has 0 saturated carbocycles. The minimum absolute atomic E-state index is 0.0663. The third kappa shape index (κ3) is 6.46. The molecule has 1 unspecified atom stereocenters. The number of nitrogens with zero attached hydrogens (tertiary/aromatic N) is 3. The molecule has 0 radical (unpaired) electrons. The number of nitrogens with one attached hydrogen (secondary N) is 1. The third-order valence-corrected chi connectivity index (χ3v) is 8.03. The Balaban J connectivity index is 1.25. The van der Waals surface area contributed by atoms with Crippen molar-refractivity contribution in [2.45, 2.75) is 56.1 Å². The van der Waals surface area contributed by atoms with Crippen LogP contribution in [0.2, 0.25) is 0 Å². The van der Waals surface area contributed by atoms with Gasteiger partial charge in [0.15, 0.2) is 5.96 Å². The molecule has 1 atom stereocenters. The molecule has 7 N–H and O–H groups in total. The lowest BCUT2D eigenvalue weighted by Gasteiger charge is -2.33. The highest BCUT2D eigenvalue weighted by Gasteiger charge is 2.27. The number of hydrogen-bond donors (Lipinski definition) is 5. The van der Waals surface area contributed by atoms with Crippen LogP contribution >= 0.6 is 0 Å². The SMILES string of the molecule is NC(N)=NCCCCC(=O)N1CCC(Nc2ccc3c(c2)CN(S(=O)c2ccc(O)cc2O)C3)CC1. The van der Waals surface area contributed by atoms with Gasteiger partial charge in [-0.3, -0.25) is 9.79 Å². The number of phenolic OH excluding ortho intramolecular Hbond substituents is 2. The number of carbonyl (C=O) groups excluding carboxylic acids is 1. The van der Waals surface area contributed by atoms with E-state index in [0.717, 1.165) is 55.6 Å². The van der Waals surface area contributed by atoms with E-state index in [0.29, 0.717) is 26.1 Å². The monoisotopic (exact) mass is 514 g/mol. The van der Waals surface area contributed by atoms with Crippen LogP contribution in [0.4, 0.5) is 5.69 Å². The van der Waals surface area contributed by atoms with Crippen LogP contribution in [0, 0.1) is 0 Å². The minimum Gasteiger partial charge on any atom is -0.508 e. The first-order chi connectivity index (χ1) is 17.3. The quantitative estimate of drug-likeness (QED) is 0.194. The predicted octanol–water partition coefficient (Wildman–Crippen LogP) is 1.98. The smallest absolute Gasteiger partial charge is 0.222 e. The summed E-state index contributed by atoms with van der Waals surface area (Å²) in [4.78, 5) is 18.6. The molecule has 2 heterocycles. The van der Waals surface area contributed by atoms with Crippen molar-refractivity contribution in [1.82, 2.24) is 9.21 Å². The van der Waals surface area contributed by atoms with Crippen molar-refractivity contribution in [3.05, 3.63) is 47.5 Å². The highest BCUT2D eigenvalue weighted by molar-refractivity contribution is 7.82. The first-order valence-electron chi connectivity index (χ1n) is 12.2. The molecule has 36 heavy (non-hydrogen) atoms. The van der Waals surface area contributed by atoms with Crippen LogP contribution < -0.4 is 16.8 Å². The number of aromatic hydroxyl groups is 2. The third-order valence-electron chi connectivity index (χ3n) is 6.58. The Hall–Kier alpha value is -3.31. The lowest BCUT2D eigenvalue weighted by molar-refractivity contribution is -0.132. The fourth-order valence-corrected chi connectivity index (χ4v) is 5.84. The number of hydrogen-bond acceptors (Lipinski definition) is 6. The van der Waals surface area contributed by atoms with E-state index in [9.17, 15) is 19.2 Å². The maximum absolute atomic E-state index is 13.0. The highest BCUT2D eigenvalue weighted by Crippen LogP contribution is 2.33. The largest absolute Gasteiger partial charge is 0.508 e. The van der Waals surface area contributed by atoms with E-state index in [1.807, 2.05) is 17.0 Å². The Bertz CT molecular complexity index is 1150. The number of anilines is 1. The van der Waals surface area contributed by atoms with Crippen molar-refractivity contribution in [3.63, 3.8) is 0 Å². The van der Waals surface area contributed by atoms with Gasteiger partial charge in [-0.1, -0.05) is 6.07 Å². The molecule has 0 bridgehead atoms. The molecule has 4 rings (SSSR count). The average molecular weight is 515 g/mol. The number of amides is 1. The molecule has 2 aliphatic rings. The summed E-state index contributed by atoms with van der Waals surface area (Å²) >= 11 is 0. The van der Waals surface area contributed by atoms with Crippen LogP contribution in [-0.2, 0) is 28.9 Å². The fourth-order valence-electron chi connectivity index (χ4n) is 4.63. The topological polar surface area (TPSA) is 158 Å². The Kier molecular flexibility index (Phi) is 8.32. The molecule has 11 heteroatoms. The average Bonchev–Trinajstić information content (AvgIpc) is 3.27. The molecule has 10 nitrogen and oxygen atoms in total. The van der Waals surface area contributed by atoms with Gasteiger partial charge in [-0.05, 0) is 61.1 Å². The Morgan fingerprint density at radius 2 is 1.81 bits per heavy atom. The summed E-state index contributed by atoms with van der Waals surface area (Å²) in [6, 6.07) is 10.6. The lowest BCUT2D eigenvalue weighted by atomic mass is 10.0. The number of unbranched alkanes of at least 4 members (excludes halogenated alkanes) is 1. The molecule has 1 fully saturated rings. The Labute approximate surface area is 213 Å². The zero-order valence-corrected chi connectivity index (χ0v) is 21.0. The van der Waals surface area contributed by atoms with Crippen LogP contribution in [0.3, 0.4) is 0 Å². The molecule has 2 aromatic carbocycles. The van der Waals surface area contributed by atoms with Gasteiger partial charge in [-0.15, -0.1) is 0 Å². The zero-order valence-electron chi connectivity index (χ0n) is 20.2. The van der Waals surface area contributed by atoms with Gasteiger partial charge in [0.25, 0.3) is 0 Å². The fraction of sp³-hybridized carbons (Fsp3) is 0.440. The van der Waals surface area contributed by atoms with Crippen molar-refractivity contribution in [2.24, 2.45) is 16.5 Å². The van der Waals surface area contributed by atoms with Gasteiger partial charge in [0.1, 0.15) is 22.5 Å². The van der Waals surface area contributed by atoms with Crippen molar-refractivity contribution in [1.29, 1.82) is 0 Å². The van der Waals surface area contributed by atoms with Gasteiger partial charge in [0, 0.05) is 56.9 Å². The van der Waals surface area contributed by atoms with Crippen molar-refractivity contribution < 1.29 is 19.2 Å². The van der Waals surface area contributed by atoms with Crippen LogP contribution in [0.25, 0.3) is 0 Å². The van der Waals surface area contributed by atoms with Gasteiger partial charge in [0.2, 0.25) is 5.91 Å². The summed E-state index contributed by atoms with van der Waals surface area (Å²) < 4.78 is 14.8. The number of likely N-dealkylation sites (tertiary alicyclic amines) is 1. The van der Waals surface area contributed by atoms with E-state index in [-0.39, 0.29) is 34.3 Å². The summed E-state index contributed by atoms with van der Waals surface area (Å²) in [6.07, 6.45) is 3.85. The Morgan fingerprint density at radius 1 is 1.06 bits per heavy atom. The molecule has 0 aliphatic carbocycles. The predicted molar refractivity (Wildman–Crippen MR) is 140 cm³/mol. The first-order valence-corrected chi connectivity index (χ1v) is 13.3. The van der Waals surface area contributed by atoms with Crippen LogP contribution in [0.15, 0.2) is 46.3 Å². The summed E-state index contributed by atoms with van der Waals surface area (Å²) in [7, 11) is -1.54. The molecule has 1 amide bonds. The second-order valence-corrected chi connectivity index (χ2v) is 10.7. The molecular weight excluding hydrogens is 480 g/mol. The van der Waals surface area contributed by atoms with Gasteiger partial charge >= 0.3 is 0 Å². The zero-order chi connectivity index (χ0) is 25.7.